The van der Waals surface area contributed by atoms with Crippen molar-refractivity contribution < 1.29 is 0 Å². The SMILES string of the molecule is CC(C)SCc1ccc(CN)nc1. The van der Waals surface area contributed by atoms with Gasteiger partial charge in [0.1, 0.15) is 0 Å². The Morgan fingerprint density at radius 1 is 1.46 bits per heavy atom. The van der Waals surface area contributed by atoms with Gasteiger partial charge in [-0.1, -0.05) is 19.9 Å². The summed E-state index contributed by atoms with van der Waals surface area (Å²) in [6.45, 7) is 4.93. The van der Waals surface area contributed by atoms with Crippen LogP contribution in [0.1, 0.15) is 25.1 Å². The van der Waals surface area contributed by atoms with Gasteiger partial charge < -0.3 is 5.73 Å². The fourth-order valence-corrected chi connectivity index (χ4v) is 1.62. The predicted molar refractivity (Wildman–Crippen MR) is 58.6 cm³/mol. The van der Waals surface area contributed by atoms with Gasteiger partial charge in [-0.05, 0) is 16.9 Å². The second-order valence-electron chi connectivity index (χ2n) is 3.22. The average Bonchev–Trinajstić information content (AvgIpc) is 2.15. The second kappa shape index (κ2) is 5.25. The first-order valence-electron chi connectivity index (χ1n) is 4.48. The Bertz CT molecular complexity index is 244. The Morgan fingerprint density at radius 3 is 2.69 bits per heavy atom. The molecule has 0 aliphatic carbocycles. The van der Waals surface area contributed by atoms with Crippen molar-refractivity contribution in [2.75, 3.05) is 0 Å². The lowest BCUT2D eigenvalue weighted by molar-refractivity contribution is 0.982. The maximum Gasteiger partial charge on any atom is 0.0539 e. The van der Waals surface area contributed by atoms with Gasteiger partial charge in [-0.15, -0.1) is 0 Å². The van der Waals surface area contributed by atoms with E-state index < -0.39 is 0 Å². The van der Waals surface area contributed by atoms with E-state index in [9.17, 15) is 0 Å². The number of aromatic nitrogens is 1. The molecule has 1 aromatic heterocycles. The Balaban J connectivity index is 2.49. The van der Waals surface area contributed by atoms with Gasteiger partial charge in [0.15, 0.2) is 0 Å². The summed E-state index contributed by atoms with van der Waals surface area (Å²) in [5, 5.41) is 0.675. The van der Waals surface area contributed by atoms with Crippen LogP contribution in [0.15, 0.2) is 18.3 Å². The summed E-state index contributed by atoms with van der Waals surface area (Å²) < 4.78 is 0. The zero-order valence-electron chi connectivity index (χ0n) is 8.16. The molecule has 0 radical (unpaired) electrons. The standard InChI is InChI=1S/C10H16N2S/c1-8(2)13-7-9-3-4-10(5-11)12-6-9/h3-4,6,8H,5,7,11H2,1-2H3. The summed E-state index contributed by atoms with van der Waals surface area (Å²) in [6, 6.07) is 4.10. The second-order valence-corrected chi connectivity index (χ2v) is 4.79. The first kappa shape index (κ1) is 10.5. The highest BCUT2D eigenvalue weighted by Gasteiger charge is 1.97. The molecule has 3 heteroatoms. The molecule has 0 fully saturated rings. The molecule has 2 N–H and O–H groups in total. The molecule has 0 atom stereocenters. The Labute approximate surface area is 83.9 Å². The summed E-state index contributed by atoms with van der Waals surface area (Å²) in [7, 11) is 0. The van der Waals surface area contributed by atoms with Crippen molar-refractivity contribution in [1.29, 1.82) is 0 Å². The third kappa shape index (κ3) is 3.79. The molecule has 0 saturated carbocycles. The third-order valence-corrected chi connectivity index (χ3v) is 2.85. The van der Waals surface area contributed by atoms with E-state index in [0.29, 0.717) is 11.8 Å². The Kier molecular flexibility index (Phi) is 4.25. The maximum atomic E-state index is 5.45. The molecule has 0 aliphatic rings. The van der Waals surface area contributed by atoms with E-state index in [1.807, 2.05) is 24.0 Å². The van der Waals surface area contributed by atoms with Gasteiger partial charge in [0.25, 0.3) is 0 Å². The minimum atomic E-state index is 0.525. The molecule has 2 nitrogen and oxygen atoms in total. The molecule has 0 aromatic carbocycles. The minimum Gasteiger partial charge on any atom is -0.325 e. The number of rotatable bonds is 4. The van der Waals surface area contributed by atoms with Crippen LogP contribution in [-0.4, -0.2) is 10.2 Å². The number of thioether (sulfide) groups is 1. The van der Waals surface area contributed by atoms with Crippen LogP contribution in [-0.2, 0) is 12.3 Å². The van der Waals surface area contributed by atoms with E-state index >= 15 is 0 Å². The van der Waals surface area contributed by atoms with Crippen molar-refractivity contribution in [2.24, 2.45) is 5.73 Å². The monoisotopic (exact) mass is 196 g/mol. The Hall–Kier alpha value is -0.540. The molecule has 0 aliphatic heterocycles. The lowest BCUT2D eigenvalue weighted by Gasteiger charge is -2.04. The van der Waals surface area contributed by atoms with Crippen molar-refractivity contribution >= 4 is 11.8 Å². The molecule has 13 heavy (non-hydrogen) atoms. The fourth-order valence-electron chi connectivity index (χ4n) is 0.924. The van der Waals surface area contributed by atoms with Crippen molar-refractivity contribution in [1.82, 2.24) is 4.98 Å². The van der Waals surface area contributed by atoms with Crippen molar-refractivity contribution in [2.45, 2.75) is 31.4 Å². The topological polar surface area (TPSA) is 38.9 Å². The van der Waals surface area contributed by atoms with E-state index in [0.717, 1.165) is 11.4 Å². The van der Waals surface area contributed by atoms with Crippen LogP contribution in [0.25, 0.3) is 0 Å². The summed E-state index contributed by atoms with van der Waals surface area (Å²) >= 11 is 1.93. The highest BCUT2D eigenvalue weighted by atomic mass is 32.2. The summed E-state index contributed by atoms with van der Waals surface area (Å²) in [4.78, 5) is 4.24. The van der Waals surface area contributed by atoms with Crippen LogP contribution >= 0.6 is 11.8 Å². The predicted octanol–water partition coefficient (Wildman–Crippen LogP) is 2.18. The maximum absolute atomic E-state index is 5.45. The molecule has 72 valence electrons. The minimum absolute atomic E-state index is 0.525. The molecular formula is C10H16N2S. The molecule has 1 rings (SSSR count). The quantitative estimate of drug-likeness (QED) is 0.802. The summed E-state index contributed by atoms with van der Waals surface area (Å²) in [5.74, 6) is 1.04. The van der Waals surface area contributed by atoms with Crippen molar-refractivity contribution in [3.8, 4) is 0 Å². The number of hydrogen-bond acceptors (Lipinski definition) is 3. The van der Waals surface area contributed by atoms with Gasteiger partial charge >= 0.3 is 0 Å². The summed E-state index contributed by atoms with van der Waals surface area (Å²) in [5.41, 5.74) is 7.69. The smallest absolute Gasteiger partial charge is 0.0539 e. The zero-order valence-corrected chi connectivity index (χ0v) is 8.97. The summed E-state index contributed by atoms with van der Waals surface area (Å²) in [6.07, 6.45) is 1.91. The van der Waals surface area contributed by atoms with Crippen LogP contribution < -0.4 is 5.73 Å². The van der Waals surface area contributed by atoms with Gasteiger partial charge in [0.2, 0.25) is 0 Å². The highest BCUT2D eigenvalue weighted by Crippen LogP contribution is 2.16. The van der Waals surface area contributed by atoms with Gasteiger partial charge in [0.05, 0.1) is 5.69 Å². The first-order chi connectivity index (χ1) is 6.22. The first-order valence-corrected chi connectivity index (χ1v) is 5.52. The molecule has 0 saturated heterocycles. The van der Waals surface area contributed by atoms with Crippen LogP contribution in [0.4, 0.5) is 0 Å². The van der Waals surface area contributed by atoms with Gasteiger partial charge in [0, 0.05) is 18.5 Å². The van der Waals surface area contributed by atoms with E-state index in [1.54, 1.807) is 0 Å². The zero-order chi connectivity index (χ0) is 9.68. The molecular weight excluding hydrogens is 180 g/mol. The van der Waals surface area contributed by atoms with Crippen molar-refractivity contribution in [3.63, 3.8) is 0 Å². The number of hydrogen-bond donors (Lipinski definition) is 1. The molecule has 1 aromatic rings. The molecule has 0 spiro atoms. The van der Waals surface area contributed by atoms with Gasteiger partial charge in [-0.25, -0.2) is 0 Å². The van der Waals surface area contributed by atoms with E-state index in [2.05, 4.69) is 24.9 Å². The molecule has 1 heterocycles. The highest BCUT2D eigenvalue weighted by molar-refractivity contribution is 7.99. The molecule has 0 bridgehead atoms. The van der Waals surface area contributed by atoms with Crippen LogP contribution in [0.5, 0.6) is 0 Å². The molecule has 0 amide bonds. The largest absolute Gasteiger partial charge is 0.325 e. The number of nitrogens with two attached hydrogens (primary N) is 1. The van der Waals surface area contributed by atoms with Crippen LogP contribution in [0.2, 0.25) is 0 Å². The Morgan fingerprint density at radius 2 is 2.23 bits per heavy atom. The van der Waals surface area contributed by atoms with E-state index in [4.69, 9.17) is 5.73 Å². The van der Waals surface area contributed by atoms with Gasteiger partial charge in [-0.3, -0.25) is 4.98 Å². The molecule has 0 unspecified atom stereocenters. The number of nitrogens with zero attached hydrogens (tertiary/aromatic N) is 1. The van der Waals surface area contributed by atoms with E-state index in [-0.39, 0.29) is 0 Å². The van der Waals surface area contributed by atoms with Crippen LogP contribution in [0.3, 0.4) is 0 Å². The number of pyridine rings is 1. The lowest BCUT2D eigenvalue weighted by atomic mass is 10.3. The third-order valence-electron chi connectivity index (χ3n) is 1.68. The van der Waals surface area contributed by atoms with Crippen molar-refractivity contribution in [3.05, 3.63) is 29.6 Å². The lowest BCUT2D eigenvalue weighted by Crippen LogP contribution is -1.99. The van der Waals surface area contributed by atoms with E-state index in [1.165, 1.54) is 5.56 Å². The fraction of sp³-hybridized carbons (Fsp3) is 0.500. The van der Waals surface area contributed by atoms with Gasteiger partial charge in [-0.2, -0.15) is 11.8 Å². The average molecular weight is 196 g/mol. The normalized spacial score (nSPS) is 10.8. The van der Waals surface area contributed by atoms with Crippen LogP contribution in [0, 0.1) is 0 Å².